The van der Waals surface area contributed by atoms with Gasteiger partial charge in [0.15, 0.2) is 23.1 Å². The fourth-order valence-electron chi connectivity index (χ4n) is 10.8. The van der Waals surface area contributed by atoms with Crippen molar-refractivity contribution in [3.8, 4) is 51.0 Å². The Hall–Kier alpha value is -9.39. The molecule has 0 saturated carbocycles. The van der Waals surface area contributed by atoms with Gasteiger partial charge in [-0.1, -0.05) is 170 Å². The Labute approximate surface area is 394 Å². The molecule has 0 saturated heterocycles. The van der Waals surface area contributed by atoms with Gasteiger partial charge in [-0.3, -0.25) is 0 Å². The molecule has 0 aliphatic heterocycles. The average Bonchev–Trinajstić information content (AvgIpc) is 4.10. The molecule has 0 fully saturated rings. The summed E-state index contributed by atoms with van der Waals surface area (Å²) >= 11 is 0. The lowest BCUT2D eigenvalue weighted by molar-refractivity contribution is 0.666. The van der Waals surface area contributed by atoms with E-state index in [-0.39, 0.29) is 0 Å². The number of aromatic nitrogens is 4. The van der Waals surface area contributed by atoms with Crippen LogP contribution in [0.1, 0.15) is 0 Å². The summed E-state index contributed by atoms with van der Waals surface area (Å²) < 4.78 is 15.8. The molecule has 4 aromatic heterocycles. The van der Waals surface area contributed by atoms with Crippen LogP contribution in [0.4, 0.5) is 0 Å². The zero-order valence-corrected chi connectivity index (χ0v) is 36.9. The maximum Gasteiger partial charge on any atom is 0.164 e. The predicted octanol–water partition coefficient (Wildman–Crippen LogP) is 16.9. The molecule has 6 nitrogen and oxygen atoms in total. The minimum absolute atomic E-state index is 0.572. The van der Waals surface area contributed by atoms with Crippen LogP contribution in [0.25, 0.3) is 149 Å². The van der Waals surface area contributed by atoms with E-state index in [0.29, 0.717) is 17.5 Å². The zero-order valence-electron chi connectivity index (χ0n) is 36.9. The first-order valence-electron chi connectivity index (χ1n) is 23.2. The Morgan fingerprint density at radius 3 is 1.78 bits per heavy atom. The van der Waals surface area contributed by atoms with Gasteiger partial charge in [0, 0.05) is 49.0 Å². The zero-order chi connectivity index (χ0) is 45.2. The van der Waals surface area contributed by atoms with E-state index in [4.69, 9.17) is 23.8 Å². The molecule has 15 rings (SSSR count). The summed E-state index contributed by atoms with van der Waals surface area (Å²) in [7, 11) is 0. The number of hydrogen-bond acceptors (Lipinski definition) is 5. The van der Waals surface area contributed by atoms with Crippen molar-refractivity contribution >= 4 is 98.0 Å². The molecule has 0 aliphatic carbocycles. The van der Waals surface area contributed by atoms with Crippen molar-refractivity contribution in [3.05, 3.63) is 218 Å². The van der Waals surface area contributed by atoms with Crippen LogP contribution in [-0.2, 0) is 0 Å². The van der Waals surface area contributed by atoms with Gasteiger partial charge in [0.2, 0.25) is 0 Å². The normalized spacial score (nSPS) is 12.1. The fraction of sp³-hybridized carbons (Fsp3) is 0. The Bertz CT molecular complexity index is 4600. The van der Waals surface area contributed by atoms with E-state index in [1.807, 2.05) is 36.4 Å². The molecule has 0 bridgehead atoms. The van der Waals surface area contributed by atoms with Crippen LogP contribution < -0.4 is 0 Å². The lowest BCUT2D eigenvalue weighted by Crippen LogP contribution is -2.00. The van der Waals surface area contributed by atoms with Gasteiger partial charge >= 0.3 is 0 Å². The summed E-state index contributed by atoms with van der Waals surface area (Å²) in [6.45, 7) is 0. The molecule has 69 heavy (non-hydrogen) atoms. The molecular formula is C63H36N4O2. The predicted molar refractivity (Wildman–Crippen MR) is 283 cm³/mol. The van der Waals surface area contributed by atoms with Gasteiger partial charge in [0.25, 0.3) is 0 Å². The third-order valence-corrected chi connectivity index (χ3v) is 14.0. The second-order valence-electron chi connectivity index (χ2n) is 17.9. The lowest BCUT2D eigenvalue weighted by Gasteiger charge is -2.11. The number of rotatable bonds is 5. The first kappa shape index (κ1) is 37.8. The average molecular weight is 881 g/mol. The van der Waals surface area contributed by atoms with Crippen molar-refractivity contribution < 1.29 is 8.83 Å². The molecule has 0 amide bonds. The Balaban J connectivity index is 0.947. The van der Waals surface area contributed by atoms with Crippen molar-refractivity contribution in [1.82, 2.24) is 19.5 Å². The van der Waals surface area contributed by atoms with E-state index >= 15 is 0 Å². The van der Waals surface area contributed by atoms with Crippen molar-refractivity contribution in [2.75, 3.05) is 0 Å². The van der Waals surface area contributed by atoms with Gasteiger partial charge in [0.1, 0.15) is 16.7 Å². The van der Waals surface area contributed by atoms with Gasteiger partial charge < -0.3 is 13.4 Å². The Morgan fingerprint density at radius 2 is 0.913 bits per heavy atom. The van der Waals surface area contributed by atoms with Crippen LogP contribution in [0.5, 0.6) is 0 Å². The molecule has 6 heteroatoms. The molecule has 0 radical (unpaired) electrons. The minimum atomic E-state index is 0.572. The summed E-state index contributed by atoms with van der Waals surface area (Å²) in [4.78, 5) is 15.8. The molecule has 0 N–H and O–H groups in total. The number of fused-ring (bicyclic) bond motifs is 14. The van der Waals surface area contributed by atoms with E-state index in [9.17, 15) is 0 Å². The quantitative estimate of drug-likeness (QED) is 0.172. The second kappa shape index (κ2) is 14.6. The largest absolute Gasteiger partial charge is 0.456 e. The Morgan fingerprint density at radius 1 is 0.304 bits per heavy atom. The number of furan rings is 2. The molecule has 11 aromatic carbocycles. The smallest absolute Gasteiger partial charge is 0.164 e. The molecule has 320 valence electrons. The van der Waals surface area contributed by atoms with Crippen LogP contribution in [-0.4, -0.2) is 19.5 Å². The summed E-state index contributed by atoms with van der Waals surface area (Å²) in [6.07, 6.45) is 0. The SMILES string of the molecule is c1ccc(-c2ccc(-c3nc(-c4ccc5ccc6oc7c(-n8c9cc%10ccccc%10cc9c9c%10ccccc%10ccc98)cccc7c6c5c4)nc(-c4cccc5oc6ccccc6c45)n3)cc2)cc1. The second-order valence-corrected chi connectivity index (χ2v) is 17.9. The van der Waals surface area contributed by atoms with E-state index in [0.717, 1.165) is 99.2 Å². The van der Waals surface area contributed by atoms with Crippen molar-refractivity contribution in [1.29, 1.82) is 0 Å². The first-order chi connectivity index (χ1) is 34.2. The highest BCUT2D eigenvalue weighted by Crippen LogP contribution is 2.44. The highest BCUT2D eigenvalue weighted by molar-refractivity contribution is 6.25. The summed E-state index contributed by atoms with van der Waals surface area (Å²) in [6, 6.07) is 76.8. The van der Waals surface area contributed by atoms with Crippen LogP contribution in [0.2, 0.25) is 0 Å². The number of para-hydroxylation sites is 2. The van der Waals surface area contributed by atoms with Crippen molar-refractivity contribution in [3.63, 3.8) is 0 Å². The topological polar surface area (TPSA) is 69.9 Å². The maximum absolute atomic E-state index is 7.03. The fourth-order valence-corrected chi connectivity index (χ4v) is 10.8. The summed E-state index contributed by atoms with van der Waals surface area (Å²) in [5.74, 6) is 1.73. The highest BCUT2D eigenvalue weighted by Gasteiger charge is 2.22. The van der Waals surface area contributed by atoms with E-state index in [2.05, 4.69) is 187 Å². The van der Waals surface area contributed by atoms with Gasteiger partial charge in [-0.25, -0.2) is 15.0 Å². The van der Waals surface area contributed by atoms with Crippen molar-refractivity contribution in [2.24, 2.45) is 0 Å². The highest BCUT2D eigenvalue weighted by atomic mass is 16.3. The maximum atomic E-state index is 7.03. The van der Waals surface area contributed by atoms with Crippen LogP contribution in [0, 0.1) is 0 Å². The third kappa shape index (κ3) is 5.76. The van der Waals surface area contributed by atoms with Crippen LogP contribution in [0.15, 0.2) is 227 Å². The third-order valence-electron chi connectivity index (χ3n) is 14.0. The van der Waals surface area contributed by atoms with E-state index < -0.39 is 0 Å². The number of hydrogen-bond donors (Lipinski definition) is 0. The van der Waals surface area contributed by atoms with Crippen molar-refractivity contribution in [2.45, 2.75) is 0 Å². The number of benzene rings is 11. The molecule has 0 aliphatic rings. The molecule has 0 atom stereocenters. The van der Waals surface area contributed by atoms with E-state index in [1.54, 1.807) is 0 Å². The standard InChI is InChI=1S/C63H36N4O2/c1-2-12-37(13-3-1)38-24-27-41(28-25-38)61-64-62(66-63(65-61)48-20-11-23-55-58(48)46-18-8-9-22-54(46)68-55)44-29-26-40-31-33-56-59(49(40)35-44)47-19-10-21-52(60(47)69-56)67-51-32-30-39-14-6-7-17-45(39)57(51)50-34-42-15-4-5-16-43(42)36-53(50)67/h1-36H. The molecular weight excluding hydrogens is 845 g/mol. The summed E-state index contributed by atoms with van der Waals surface area (Å²) in [5, 5.41) is 13.5. The molecule has 4 heterocycles. The first-order valence-corrected chi connectivity index (χ1v) is 23.2. The van der Waals surface area contributed by atoms with Gasteiger partial charge in [-0.15, -0.1) is 0 Å². The van der Waals surface area contributed by atoms with Crippen LogP contribution in [0.3, 0.4) is 0 Å². The monoisotopic (exact) mass is 880 g/mol. The minimum Gasteiger partial charge on any atom is -0.456 e. The molecule has 0 spiro atoms. The molecule has 0 unspecified atom stereocenters. The van der Waals surface area contributed by atoms with E-state index in [1.165, 1.54) is 32.3 Å². The van der Waals surface area contributed by atoms with Crippen LogP contribution >= 0.6 is 0 Å². The summed E-state index contributed by atoms with van der Waals surface area (Å²) in [5.41, 5.74) is 11.4. The molecule has 15 aromatic rings. The lowest BCUT2D eigenvalue weighted by atomic mass is 10.0. The Kier molecular flexibility index (Phi) is 7.97. The number of nitrogens with zero attached hydrogens (tertiary/aromatic N) is 4. The van der Waals surface area contributed by atoms with Gasteiger partial charge in [-0.2, -0.15) is 0 Å². The van der Waals surface area contributed by atoms with Gasteiger partial charge in [0.05, 0.1) is 16.7 Å². The van der Waals surface area contributed by atoms with Gasteiger partial charge in [-0.05, 0) is 92.0 Å².